The molecular weight excluding hydrogens is 310 g/mol. The molecule has 1 aliphatic rings. The molecule has 7 N–H and O–H groups in total. The Hall–Kier alpha value is -2.24. The molecule has 1 aliphatic carbocycles. The van der Waals surface area contributed by atoms with Crippen LogP contribution in [0.4, 0.5) is 4.79 Å². The molecule has 128 valence electrons. The minimum absolute atomic E-state index is 0.0507. The second-order valence-electron chi connectivity index (χ2n) is 5.34. The van der Waals surface area contributed by atoms with Crippen LogP contribution in [0.1, 0.15) is 37.1 Å². The van der Waals surface area contributed by atoms with Gasteiger partial charge in [0.1, 0.15) is 11.6 Å². The van der Waals surface area contributed by atoms with Crippen LogP contribution in [-0.2, 0) is 10.3 Å². The molecule has 1 fully saturated rings. The fourth-order valence-corrected chi connectivity index (χ4v) is 2.18. The van der Waals surface area contributed by atoms with Crippen molar-refractivity contribution in [3.63, 3.8) is 0 Å². The van der Waals surface area contributed by atoms with Gasteiger partial charge in [0, 0.05) is 0 Å². The number of nitrogens with one attached hydrogen (secondary N) is 2. The smallest absolute Gasteiger partial charge is 0.328 e. The van der Waals surface area contributed by atoms with Crippen LogP contribution in [0.15, 0.2) is 4.42 Å². The molecule has 2 unspecified atom stereocenters. The Morgan fingerprint density at radius 3 is 2.48 bits per heavy atom. The van der Waals surface area contributed by atoms with E-state index in [-0.39, 0.29) is 18.4 Å². The summed E-state index contributed by atoms with van der Waals surface area (Å²) in [4.78, 5) is 22.8. The summed E-state index contributed by atoms with van der Waals surface area (Å²) in [5, 5.41) is 39.1. The van der Waals surface area contributed by atoms with Crippen LogP contribution >= 0.6 is 0 Å². The highest BCUT2D eigenvalue weighted by atomic mass is 16.4. The third kappa shape index (κ3) is 3.57. The molecule has 0 bridgehead atoms. The second-order valence-corrected chi connectivity index (χ2v) is 5.34. The average molecular weight is 329 g/mol. The lowest BCUT2D eigenvalue weighted by molar-refractivity contribution is -0.140. The van der Waals surface area contributed by atoms with E-state index in [4.69, 9.17) is 25.5 Å². The summed E-state index contributed by atoms with van der Waals surface area (Å²) in [5.74, 6) is -1.15. The minimum Gasteiger partial charge on any atom is -0.480 e. The average Bonchev–Trinajstić information content (AvgIpc) is 2.97. The molecule has 1 heterocycles. The number of carboxylic acids is 1. The number of aliphatic hydroxyl groups excluding tert-OH is 2. The van der Waals surface area contributed by atoms with E-state index >= 15 is 0 Å². The number of carboxylic acid groups (broad SMARTS) is 1. The van der Waals surface area contributed by atoms with Crippen LogP contribution in [0.2, 0.25) is 0 Å². The van der Waals surface area contributed by atoms with Gasteiger partial charge >= 0.3 is 12.0 Å². The maximum atomic E-state index is 11.9. The van der Waals surface area contributed by atoms with E-state index in [0.29, 0.717) is 12.8 Å². The number of aromatic nitrogens is 2. The Labute approximate surface area is 130 Å². The zero-order chi connectivity index (χ0) is 17.0. The van der Waals surface area contributed by atoms with Gasteiger partial charge in [0.15, 0.2) is 6.04 Å². The van der Waals surface area contributed by atoms with Crippen LogP contribution in [0, 0.1) is 0 Å². The maximum Gasteiger partial charge on any atom is 0.328 e. The molecular formula is C12H19N5O6. The highest BCUT2D eigenvalue weighted by Gasteiger charge is 2.45. The largest absolute Gasteiger partial charge is 0.480 e. The summed E-state index contributed by atoms with van der Waals surface area (Å²) in [5.41, 5.74) is 4.69. The highest BCUT2D eigenvalue weighted by molar-refractivity contribution is 5.83. The first-order chi connectivity index (χ1) is 10.9. The minimum atomic E-state index is -1.41. The predicted molar refractivity (Wildman–Crippen MR) is 74.0 cm³/mol. The molecule has 1 aromatic rings. The van der Waals surface area contributed by atoms with Gasteiger partial charge in [-0.05, 0) is 19.3 Å². The number of nitrogens with two attached hydrogens (primary N) is 1. The molecule has 2 amide bonds. The number of hydrogen-bond acceptors (Lipinski definition) is 8. The van der Waals surface area contributed by atoms with Gasteiger partial charge in [-0.2, -0.15) is 0 Å². The Balaban J connectivity index is 2.07. The Bertz CT molecular complexity index is 572. The molecule has 11 heteroatoms. The van der Waals surface area contributed by atoms with Gasteiger partial charge in [-0.1, -0.05) is 0 Å². The zero-order valence-electron chi connectivity index (χ0n) is 12.2. The van der Waals surface area contributed by atoms with Crippen molar-refractivity contribution in [1.29, 1.82) is 0 Å². The van der Waals surface area contributed by atoms with Crippen molar-refractivity contribution in [2.75, 3.05) is 13.2 Å². The number of carbonyl (C=O) groups is 2. The second kappa shape index (κ2) is 6.89. The third-order valence-electron chi connectivity index (χ3n) is 3.71. The molecule has 23 heavy (non-hydrogen) atoms. The molecule has 0 spiro atoms. The summed E-state index contributed by atoms with van der Waals surface area (Å²) in [7, 11) is 0. The van der Waals surface area contributed by atoms with Gasteiger partial charge in [-0.3, -0.25) is 0 Å². The van der Waals surface area contributed by atoms with Crippen molar-refractivity contribution in [3.05, 3.63) is 11.8 Å². The van der Waals surface area contributed by atoms with E-state index in [9.17, 15) is 9.59 Å². The maximum absolute atomic E-state index is 11.9. The van der Waals surface area contributed by atoms with E-state index in [1.807, 2.05) is 0 Å². The van der Waals surface area contributed by atoms with Gasteiger partial charge in [-0.15, -0.1) is 10.2 Å². The number of nitrogens with zero attached hydrogens (tertiary/aromatic N) is 2. The number of urea groups is 1. The lowest BCUT2D eigenvalue weighted by Crippen LogP contribution is -2.57. The quantitative estimate of drug-likeness (QED) is 0.335. The van der Waals surface area contributed by atoms with Gasteiger partial charge in [0.25, 0.3) is 0 Å². The van der Waals surface area contributed by atoms with E-state index in [0.717, 1.165) is 6.42 Å². The molecule has 0 saturated heterocycles. The molecule has 1 saturated carbocycles. The van der Waals surface area contributed by atoms with Crippen LogP contribution in [0.5, 0.6) is 0 Å². The first kappa shape index (κ1) is 17.1. The van der Waals surface area contributed by atoms with Gasteiger partial charge in [0.2, 0.25) is 11.8 Å². The van der Waals surface area contributed by atoms with Crippen molar-refractivity contribution < 1.29 is 29.3 Å². The third-order valence-corrected chi connectivity index (χ3v) is 3.71. The lowest BCUT2D eigenvalue weighted by Gasteiger charge is -2.39. The Morgan fingerprint density at radius 2 is 2.00 bits per heavy atom. The fraction of sp³-hybridized carbons (Fsp3) is 0.667. The summed E-state index contributed by atoms with van der Waals surface area (Å²) >= 11 is 0. The zero-order valence-corrected chi connectivity index (χ0v) is 12.2. The Morgan fingerprint density at radius 1 is 1.30 bits per heavy atom. The first-order valence-electron chi connectivity index (χ1n) is 7.04. The molecule has 0 radical (unpaired) electrons. The first-order valence-corrected chi connectivity index (χ1v) is 7.04. The summed E-state index contributed by atoms with van der Waals surface area (Å²) in [6.07, 6.45) is 1.88. The van der Waals surface area contributed by atoms with E-state index in [1.54, 1.807) is 0 Å². The Kier molecular flexibility index (Phi) is 5.13. The summed E-state index contributed by atoms with van der Waals surface area (Å²) < 4.78 is 5.41. The van der Waals surface area contributed by atoms with Crippen LogP contribution < -0.4 is 16.4 Å². The molecule has 2 rings (SSSR count). The standard InChI is InChI=1S/C12H19N5O6/c13-6(4-18)8-16-17-10(23-8)12(2-1-3-12)15-11(22)14-7(5-19)9(20)21/h6-7,18-19H,1-5,13H2,(H,20,21)(H2,14,15,22). The fourth-order valence-electron chi connectivity index (χ4n) is 2.18. The van der Waals surface area contributed by atoms with E-state index < -0.39 is 36.2 Å². The molecule has 1 aromatic heterocycles. The monoisotopic (exact) mass is 329 g/mol. The van der Waals surface area contributed by atoms with Crippen molar-refractivity contribution in [1.82, 2.24) is 20.8 Å². The summed E-state index contributed by atoms with van der Waals surface area (Å²) in [6.45, 7) is -1.09. The molecule has 0 aromatic carbocycles. The number of aliphatic carboxylic acids is 1. The van der Waals surface area contributed by atoms with Crippen LogP contribution in [0.3, 0.4) is 0 Å². The van der Waals surface area contributed by atoms with Crippen molar-refractivity contribution in [3.8, 4) is 0 Å². The van der Waals surface area contributed by atoms with Crippen LogP contribution in [-0.4, -0.2) is 56.8 Å². The number of carbonyl (C=O) groups excluding carboxylic acids is 1. The number of aliphatic hydroxyl groups is 2. The number of rotatable bonds is 7. The van der Waals surface area contributed by atoms with Gasteiger partial charge in [-0.25, -0.2) is 9.59 Å². The van der Waals surface area contributed by atoms with E-state index in [2.05, 4.69) is 20.8 Å². The number of hydrogen-bond donors (Lipinski definition) is 6. The van der Waals surface area contributed by atoms with Crippen molar-refractivity contribution in [2.24, 2.45) is 5.73 Å². The lowest BCUT2D eigenvalue weighted by atomic mass is 9.76. The SMILES string of the molecule is NC(CO)c1nnc(C2(NC(=O)NC(CO)C(=O)O)CCC2)o1. The molecule has 0 aliphatic heterocycles. The van der Waals surface area contributed by atoms with Gasteiger partial charge in [0.05, 0.1) is 13.2 Å². The van der Waals surface area contributed by atoms with Crippen LogP contribution in [0.25, 0.3) is 0 Å². The topological polar surface area (TPSA) is 184 Å². The highest BCUT2D eigenvalue weighted by Crippen LogP contribution is 2.40. The van der Waals surface area contributed by atoms with Crippen molar-refractivity contribution >= 4 is 12.0 Å². The molecule has 2 atom stereocenters. The van der Waals surface area contributed by atoms with Gasteiger partial charge < -0.3 is 36.1 Å². The summed E-state index contributed by atoms with van der Waals surface area (Å²) in [6, 6.07) is -2.99. The normalized spacial score (nSPS) is 18.6. The molecule has 11 nitrogen and oxygen atoms in total. The number of amides is 2. The predicted octanol–water partition coefficient (Wildman–Crippen LogP) is -1.81. The van der Waals surface area contributed by atoms with E-state index in [1.165, 1.54) is 0 Å². The van der Waals surface area contributed by atoms with Crippen molar-refractivity contribution in [2.45, 2.75) is 36.9 Å².